The van der Waals surface area contributed by atoms with Crippen molar-refractivity contribution in [3.05, 3.63) is 29.8 Å². The van der Waals surface area contributed by atoms with E-state index in [0.717, 1.165) is 51.0 Å². The summed E-state index contributed by atoms with van der Waals surface area (Å²) in [6, 6.07) is 8.35. The van der Waals surface area contributed by atoms with Crippen LogP contribution in [0.2, 0.25) is 0 Å². The van der Waals surface area contributed by atoms with Gasteiger partial charge in [-0.2, -0.15) is 0 Å². The van der Waals surface area contributed by atoms with E-state index in [9.17, 15) is 4.79 Å². The van der Waals surface area contributed by atoms with Crippen molar-refractivity contribution in [3.63, 3.8) is 0 Å². The Morgan fingerprint density at radius 3 is 2.52 bits per heavy atom. The van der Waals surface area contributed by atoms with Gasteiger partial charge in [0, 0.05) is 13.0 Å². The Morgan fingerprint density at radius 2 is 1.80 bits per heavy atom. The van der Waals surface area contributed by atoms with Gasteiger partial charge in [0.15, 0.2) is 0 Å². The molecule has 0 spiro atoms. The molecule has 0 aromatic heterocycles. The molecular formula is C20H32N2O3. The Kier molecular flexibility index (Phi) is 9.37. The maximum Gasteiger partial charge on any atom is 0.243 e. The van der Waals surface area contributed by atoms with Gasteiger partial charge in [-0.25, -0.2) is 5.48 Å². The van der Waals surface area contributed by atoms with Crippen LogP contribution >= 0.6 is 0 Å². The second-order valence-corrected chi connectivity index (χ2v) is 6.84. The van der Waals surface area contributed by atoms with Crippen LogP contribution in [0, 0.1) is 0 Å². The lowest BCUT2D eigenvalue weighted by molar-refractivity contribution is -0.129. The fraction of sp³-hybridized carbons (Fsp3) is 0.650. The minimum Gasteiger partial charge on any atom is -0.494 e. The SMILES string of the molecule is O=C(CCCCCc1ccc(OCCCN2CCCCC2)cc1)NO. The van der Waals surface area contributed by atoms with Crippen LogP contribution < -0.4 is 10.2 Å². The van der Waals surface area contributed by atoms with Crippen molar-refractivity contribution >= 4 is 5.91 Å². The first-order valence-electron chi connectivity index (χ1n) is 9.65. The topological polar surface area (TPSA) is 61.8 Å². The maximum atomic E-state index is 10.9. The molecule has 0 bridgehead atoms. The number of amides is 1. The number of benzene rings is 1. The van der Waals surface area contributed by atoms with Crippen molar-refractivity contribution in [1.29, 1.82) is 0 Å². The molecule has 0 aliphatic carbocycles. The van der Waals surface area contributed by atoms with Gasteiger partial charge in [0.1, 0.15) is 5.75 Å². The second-order valence-electron chi connectivity index (χ2n) is 6.84. The van der Waals surface area contributed by atoms with Gasteiger partial charge in [0.05, 0.1) is 6.61 Å². The number of ether oxygens (including phenoxy) is 1. The summed E-state index contributed by atoms with van der Waals surface area (Å²) in [7, 11) is 0. The molecule has 0 saturated carbocycles. The van der Waals surface area contributed by atoms with E-state index in [4.69, 9.17) is 9.94 Å². The zero-order valence-electron chi connectivity index (χ0n) is 15.2. The lowest BCUT2D eigenvalue weighted by Crippen LogP contribution is -2.31. The highest BCUT2D eigenvalue weighted by Gasteiger charge is 2.09. The first-order chi connectivity index (χ1) is 12.3. The average molecular weight is 348 g/mol. The normalized spacial score (nSPS) is 15.1. The molecule has 1 saturated heterocycles. The van der Waals surface area contributed by atoms with Crippen LogP contribution in [0.1, 0.15) is 56.9 Å². The first-order valence-corrected chi connectivity index (χ1v) is 9.65. The van der Waals surface area contributed by atoms with E-state index in [1.165, 1.54) is 37.9 Å². The Morgan fingerprint density at radius 1 is 1.04 bits per heavy atom. The first kappa shape index (κ1) is 19.7. The van der Waals surface area contributed by atoms with Crippen LogP contribution in [-0.4, -0.2) is 42.3 Å². The lowest BCUT2D eigenvalue weighted by Gasteiger charge is -2.26. The summed E-state index contributed by atoms with van der Waals surface area (Å²) < 4.78 is 5.84. The van der Waals surface area contributed by atoms with Crippen molar-refractivity contribution in [2.75, 3.05) is 26.2 Å². The Hall–Kier alpha value is -1.59. The zero-order valence-corrected chi connectivity index (χ0v) is 15.2. The van der Waals surface area contributed by atoms with Gasteiger partial charge >= 0.3 is 0 Å². The Balaban J connectivity index is 1.54. The quantitative estimate of drug-likeness (QED) is 0.365. The maximum absolute atomic E-state index is 10.9. The lowest BCUT2D eigenvalue weighted by atomic mass is 10.1. The Bertz CT molecular complexity index is 484. The third kappa shape index (κ3) is 8.36. The van der Waals surface area contributed by atoms with Crippen LogP contribution in [-0.2, 0) is 11.2 Å². The molecule has 2 rings (SSSR count). The summed E-state index contributed by atoms with van der Waals surface area (Å²) in [4.78, 5) is 13.4. The highest BCUT2D eigenvalue weighted by atomic mass is 16.5. The predicted octanol–water partition coefficient (Wildman–Crippen LogP) is 3.55. The summed E-state index contributed by atoms with van der Waals surface area (Å²) in [5, 5.41) is 8.43. The second kappa shape index (κ2) is 11.9. The predicted molar refractivity (Wildman–Crippen MR) is 98.9 cm³/mol. The summed E-state index contributed by atoms with van der Waals surface area (Å²) in [5.74, 6) is 0.642. The summed E-state index contributed by atoms with van der Waals surface area (Å²) in [5.41, 5.74) is 2.96. The van der Waals surface area contributed by atoms with Crippen molar-refractivity contribution in [2.45, 2.75) is 57.8 Å². The average Bonchev–Trinajstić information content (AvgIpc) is 2.66. The van der Waals surface area contributed by atoms with Crippen LogP contribution in [0.3, 0.4) is 0 Å². The highest BCUT2D eigenvalue weighted by molar-refractivity contribution is 5.74. The fourth-order valence-electron chi connectivity index (χ4n) is 3.26. The number of aryl methyl sites for hydroxylation is 1. The molecule has 1 aromatic rings. The minimum absolute atomic E-state index is 0.304. The molecule has 1 heterocycles. The fourth-order valence-corrected chi connectivity index (χ4v) is 3.26. The monoisotopic (exact) mass is 348 g/mol. The minimum atomic E-state index is -0.304. The molecule has 1 aliphatic rings. The molecular weight excluding hydrogens is 316 g/mol. The largest absolute Gasteiger partial charge is 0.494 e. The number of nitrogens with one attached hydrogen (secondary N) is 1. The molecule has 1 fully saturated rings. The summed E-state index contributed by atoms with van der Waals surface area (Å²) in [6.07, 6.45) is 9.41. The van der Waals surface area contributed by atoms with Crippen LogP contribution in [0.15, 0.2) is 24.3 Å². The number of rotatable bonds is 11. The summed E-state index contributed by atoms with van der Waals surface area (Å²) in [6.45, 7) is 4.42. The van der Waals surface area contributed by atoms with Gasteiger partial charge in [0.2, 0.25) is 5.91 Å². The third-order valence-corrected chi connectivity index (χ3v) is 4.75. The van der Waals surface area contributed by atoms with Gasteiger partial charge in [-0.05, 0) is 69.3 Å². The number of hydrogen-bond donors (Lipinski definition) is 2. The van der Waals surface area contributed by atoms with Gasteiger partial charge in [0.25, 0.3) is 0 Å². The van der Waals surface area contributed by atoms with E-state index in [0.29, 0.717) is 6.42 Å². The number of piperidine rings is 1. The number of unbranched alkanes of at least 4 members (excludes halogenated alkanes) is 2. The number of hydroxylamine groups is 1. The molecule has 2 N–H and O–H groups in total. The van der Waals surface area contributed by atoms with Crippen molar-refractivity contribution in [1.82, 2.24) is 10.4 Å². The highest BCUT2D eigenvalue weighted by Crippen LogP contribution is 2.15. The zero-order chi connectivity index (χ0) is 17.7. The van der Waals surface area contributed by atoms with E-state index in [-0.39, 0.29) is 5.91 Å². The van der Waals surface area contributed by atoms with E-state index in [2.05, 4.69) is 29.2 Å². The van der Waals surface area contributed by atoms with E-state index in [1.807, 2.05) is 0 Å². The summed E-state index contributed by atoms with van der Waals surface area (Å²) >= 11 is 0. The number of hydrogen-bond acceptors (Lipinski definition) is 4. The van der Waals surface area contributed by atoms with E-state index >= 15 is 0 Å². The van der Waals surface area contributed by atoms with Crippen molar-refractivity contribution < 1.29 is 14.7 Å². The number of carbonyl (C=O) groups is 1. The number of nitrogens with zero attached hydrogens (tertiary/aromatic N) is 1. The van der Waals surface area contributed by atoms with Gasteiger partial charge < -0.3 is 9.64 Å². The van der Waals surface area contributed by atoms with Gasteiger partial charge in [-0.3, -0.25) is 10.0 Å². The molecule has 0 radical (unpaired) electrons. The molecule has 0 unspecified atom stereocenters. The van der Waals surface area contributed by atoms with Crippen LogP contribution in [0.4, 0.5) is 0 Å². The smallest absolute Gasteiger partial charge is 0.243 e. The number of likely N-dealkylation sites (tertiary alicyclic amines) is 1. The Labute approximate surface area is 151 Å². The van der Waals surface area contributed by atoms with Crippen LogP contribution in [0.25, 0.3) is 0 Å². The van der Waals surface area contributed by atoms with E-state index in [1.54, 1.807) is 5.48 Å². The third-order valence-electron chi connectivity index (χ3n) is 4.75. The number of carbonyl (C=O) groups excluding carboxylic acids is 1. The molecule has 140 valence electrons. The molecule has 1 aliphatic heterocycles. The van der Waals surface area contributed by atoms with Crippen molar-refractivity contribution in [3.8, 4) is 5.75 Å². The molecule has 5 nitrogen and oxygen atoms in total. The van der Waals surface area contributed by atoms with Gasteiger partial charge in [-0.15, -0.1) is 0 Å². The van der Waals surface area contributed by atoms with E-state index < -0.39 is 0 Å². The van der Waals surface area contributed by atoms with Crippen molar-refractivity contribution in [2.24, 2.45) is 0 Å². The molecule has 1 amide bonds. The standard InChI is InChI=1S/C20H32N2O3/c23-20(21-24)9-4-1-3-8-18-10-12-19(13-11-18)25-17-7-16-22-14-5-2-6-15-22/h10-13,24H,1-9,14-17H2,(H,21,23). The molecule has 5 heteroatoms. The van der Waals surface area contributed by atoms with Gasteiger partial charge in [-0.1, -0.05) is 25.0 Å². The molecule has 25 heavy (non-hydrogen) atoms. The molecule has 0 atom stereocenters. The molecule has 1 aromatic carbocycles. The van der Waals surface area contributed by atoms with Crippen LogP contribution in [0.5, 0.6) is 5.75 Å².